The molecule has 1 aliphatic rings. The normalized spacial score (nSPS) is 21.6. The van der Waals surface area contributed by atoms with Crippen LogP contribution in [0.1, 0.15) is 25.7 Å². The van der Waals surface area contributed by atoms with Crippen LogP contribution in [-0.4, -0.2) is 41.5 Å². The Morgan fingerprint density at radius 1 is 1.00 bits per heavy atom. The average molecular weight is 304 g/mol. The fraction of sp³-hybridized carbons (Fsp3) is 0.500. The van der Waals surface area contributed by atoms with Gasteiger partial charge in [-0.25, -0.2) is 9.97 Å². The number of hydrogen-bond acceptors (Lipinski definition) is 6. The SMILES string of the molecule is COc1cc2ncc(O[C@H]3CC[C@@H](O)CC3)nc2cc1OC. The van der Waals surface area contributed by atoms with Crippen molar-refractivity contribution in [2.75, 3.05) is 14.2 Å². The summed E-state index contributed by atoms with van der Waals surface area (Å²) in [5, 5.41) is 9.53. The number of aromatic nitrogens is 2. The first-order chi connectivity index (χ1) is 10.7. The second-order valence-corrected chi connectivity index (χ2v) is 5.45. The highest BCUT2D eigenvalue weighted by molar-refractivity contribution is 5.79. The molecule has 1 aromatic carbocycles. The minimum absolute atomic E-state index is 0.0929. The Balaban J connectivity index is 1.83. The van der Waals surface area contributed by atoms with Gasteiger partial charge in [-0.2, -0.15) is 0 Å². The van der Waals surface area contributed by atoms with Crippen LogP contribution in [0.4, 0.5) is 0 Å². The number of hydrogen-bond donors (Lipinski definition) is 1. The average Bonchev–Trinajstić information content (AvgIpc) is 2.55. The monoisotopic (exact) mass is 304 g/mol. The molecule has 0 aliphatic heterocycles. The largest absolute Gasteiger partial charge is 0.493 e. The maximum atomic E-state index is 9.53. The lowest BCUT2D eigenvalue weighted by Crippen LogP contribution is -2.26. The smallest absolute Gasteiger partial charge is 0.233 e. The summed E-state index contributed by atoms with van der Waals surface area (Å²) in [6.07, 6.45) is 4.75. The third kappa shape index (κ3) is 3.06. The van der Waals surface area contributed by atoms with E-state index in [1.807, 2.05) is 0 Å². The first-order valence-electron chi connectivity index (χ1n) is 7.43. The highest BCUT2D eigenvalue weighted by Crippen LogP contribution is 2.31. The van der Waals surface area contributed by atoms with Crippen molar-refractivity contribution in [2.45, 2.75) is 37.9 Å². The molecular formula is C16H20N2O4. The predicted molar refractivity (Wildman–Crippen MR) is 81.5 cm³/mol. The van der Waals surface area contributed by atoms with Crippen molar-refractivity contribution >= 4 is 11.0 Å². The van der Waals surface area contributed by atoms with Gasteiger partial charge in [0.1, 0.15) is 6.10 Å². The van der Waals surface area contributed by atoms with E-state index in [2.05, 4.69) is 9.97 Å². The Morgan fingerprint density at radius 2 is 1.64 bits per heavy atom. The Hall–Kier alpha value is -2.08. The zero-order chi connectivity index (χ0) is 15.5. The summed E-state index contributed by atoms with van der Waals surface area (Å²) in [6, 6.07) is 3.58. The molecule has 2 aromatic rings. The van der Waals surface area contributed by atoms with E-state index >= 15 is 0 Å². The number of benzene rings is 1. The molecule has 0 amide bonds. The standard InChI is InChI=1S/C16H20N2O4/c1-20-14-7-12-13(8-15(14)21-2)18-16(9-17-12)22-11-5-3-10(19)4-6-11/h7-11,19H,3-6H2,1-2H3/t10-,11+. The minimum atomic E-state index is -0.195. The van der Waals surface area contributed by atoms with Gasteiger partial charge in [0.15, 0.2) is 11.5 Å². The van der Waals surface area contributed by atoms with E-state index in [-0.39, 0.29) is 12.2 Å². The lowest BCUT2D eigenvalue weighted by atomic mass is 9.95. The highest BCUT2D eigenvalue weighted by atomic mass is 16.5. The molecule has 6 nitrogen and oxygen atoms in total. The van der Waals surface area contributed by atoms with Gasteiger partial charge in [-0.15, -0.1) is 0 Å². The topological polar surface area (TPSA) is 73.7 Å². The van der Waals surface area contributed by atoms with Crippen LogP contribution in [0.3, 0.4) is 0 Å². The molecule has 1 aliphatic carbocycles. The summed E-state index contributed by atoms with van der Waals surface area (Å²) in [5.74, 6) is 1.74. The van der Waals surface area contributed by atoms with E-state index in [4.69, 9.17) is 14.2 Å². The van der Waals surface area contributed by atoms with E-state index in [1.165, 1.54) is 0 Å². The molecule has 0 spiro atoms. The number of aliphatic hydroxyl groups is 1. The third-order valence-corrected chi connectivity index (χ3v) is 3.96. The number of ether oxygens (including phenoxy) is 3. The van der Waals surface area contributed by atoms with Crippen molar-refractivity contribution in [3.05, 3.63) is 18.3 Å². The maximum absolute atomic E-state index is 9.53. The molecule has 1 fully saturated rings. The Bertz CT molecular complexity index is 654. The van der Waals surface area contributed by atoms with E-state index in [1.54, 1.807) is 32.5 Å². The molecule has 1 aromatic heterocycles. The number of aliphatic hydroxyl groups excluding tert-OH is 1. The minimum Gasteiger partial charge on any atom is -0.493 e. The lowest BCUT2D eigenvalue weighted by Gasteiger charge is -2.25. The van der Waals surface area contributed by atoms with Crippen LogP contribution in [0.25, 0.3) is 11.0 Å². The van der Waals surface area contributed by atoms with Gasteiger partial charge in [0.2, 0.25) is 5.88 Å². The molecule has 22 heavy (non-hydrogen) atoms. The lowest BCUT2D eigenvalue weighted by molar-refractivity contribution is 0.0643. The molecule has 0 unspecified atom stereocenters. The number of fused-ring (bicyclic) bond motifs is 1. The molecule has 0 saturated heterocycles. The van der Waals surface area contributed by atoms with Gasteiger partial charge in [-0.1, -0.05) is 0 Å². The zero-order valence-electron chi connectivity index (χ0n) is 12.8. The van der Waals surface area contributed by atoms with Crippen molar-refractivity contribution in [1.82, 2.24) is 9.97 Å². The summed E-state index contributed by atoms with van der Waals surface area (Å²) < 4.78 is 16.4. The van der Waals surface area contributed by atoms with Crippen molar-refractivity contribution < 1.29 is 19.3 Å². The molecule has 1 N–H and O–H groups in total. The molecule has 0 atom stereocenters. The van der Waals surface area contributed by atoms with Crippen LogP contribution < -0.4 is 14.2 Å². The van der Waals surface area contributed by atoms with Crippen LogP contribution in [0.15, 0.2) is 18.3 Å². The molecule has 3 rings (SSSR count). The third-order valence-electron chi connectivity index (χ3n) is 3.96. The second kappa shape index (κ2) is 6.36. The van der Waals surface area contributed by atoms with Crippen molar-refractivity contribution in [1.29, 1.82) is 0 Å². The maximum Gasteiger partial charge on any atom is 0.233 e. The van der Waals surface area contributed by atoms with Gasteiger partial charge < -0.3 is 19.3 Å². The Morgan fingerprint density at radius 3 is 2.27 bits per heavy atom. The summed E-state index contributed by atoms with van der Waals surface area (Å²) in [6.45, 7) is 0. The van der Waals surface area contributed by atoms with Gasteiger partial charge in [-0.3, -0.25) is 0 Å². The van der Waals surface area contributed by atoms with E-state index in [0.29, 0.717) is 22.9 Å². The van der Waals surface area contributed by atoms with Gasteiger partial charge >= 0.3 is 0 Å². The molecule has 0 bridgehead atoms. The van der Waals surface area contributed by atoms with Crippen molar-refractivity contribution in [3.63, 3.8) is 0 Å². The van der Waals surface area contributed by atoms with Crippen molar-refractivity contribution in [3.8, 4) is 17.4 Å². The molecule has 6 heteroatoms. The fourth-order valence-electron chi connectivity index (χ4n) is 2.71. The first-order valence-corrected chi connectivity index (χ1v) is 7.43. The quantitative estimate of drug-likeness (QED) is 0.934. The molecule has 1 heterocycles. The number of nitrogens with zero attached hydrogens (tertiary/aromatic N) is 2. The second-order valence-electron chi connectivity index (χ2n) is 5.45. The highest BCUT2D eigenvalue weighted by Gasteiger charge is 2.21. The summed E-state index contributed by atoms with van der Waals surface area (Å²) in [4.78, 5) is 8.86. The molecule has 1 saturated carbocycles. The van der Waals surface area contributed by atoms with Crippen LogP contribution >= 0.6 is 0 Å². The molecular weight excluding hydrogens is 284 g/mol. The van der Waals surface area contributed by atoms with E-state index in [0.717, 1.165) is 31.2 Å². The van der Waals surface area contributed by atoms with E-state index < -0.39 is 0 Å². The van der Waals surface area contributed by atoms with Crippen LogP contribution in [0.2, 0.25) is 0 Å². The number of methoxy groups -OCH3 is 2. The van der Waals surface area contributed by atoms with E-state index in [9.17, 15) is 5.11 Å². The summed E-state index contributed by atoms with van der Waals surface area (Å²) in [5.41, 5.74) is 1.43. The Labute approximate surface area is 129 Å². The fourth-order valence-corrected chi connectivity index (χ4v) is 2.71. The molecule has 0 radical (unpaired) electrons. The zero-order valence-corrected chi connectivity index (χ0v) is 12.8. The van der Waals surface area contributed by atoms with Gasteiger partial charge in [-0.05, 0) is 25.7 Å². The van der Waals surface area contributed by atoms with Crippen LogP contribution in [0.5, 0.6) is 17.4 Å². The first kappa shape index (κ1) is 14.8. The summed E-state index contributed by atoms with van der Waals surface area (Å²) in [7, 11) is 3.18. The predicted octanol–water partition coefficient (Wildman–Crippen LogP) is 2.33. The van der Waals surface area contributed by atoms with Gasteiger partial charge in [0.05, 0.1) is 37.6 Å². The van der Waals surface area contributed by atoms with Crippen LogP contribution in [0, 0.1) is 0 Å². The Kier molecular flexibility index (Phi) is 4.29. The molecule has 118 valence electrons. The number of rotatable bonds is 4. The van der Waals surface area contributed by atoms with Gasteiger partial charge in [0, 0.05) is 12.1 Å². The summed E-state index contributed by atoms with van der Waals surface area (Å²) >= 11 is 0. The van der Waals surface area contributed by atoms with Gasteiger partial charge in [0.25, 0.3) is 0 Å². The van der Waals surface area contributed by atoms with Crippen molar-refractivity contribution in [2.24, 2.45) is 0 Å². The van der Waals surface area contributed by atoms with Crippen LogP contribution in [-0.2, 0) is 0 Å².